The molecule has 1 fully saturated rings. The second-order valence-corrected chi connectivity index (χ2v) is 13.7. The number of thiophene rings is 1. The van der Waals surface area contributed by atoms with Crippen molar-refractivity contribution in [1.29, 1.82) is 0 Å². The van der Waals surface area contributed by atoms with E-state index < -0.39 is 34.8 Å². The standard InChI is InChI=1S/C29H32F4N4O3S2/c1-36-12-11-23(21(30)16-36)35-22-5-4-6-25-20(22)14-26(37(25)17-29(31,32)33)28-10-7-18(41-28)15-34-24-9-8-19(42(3,38)39)13-27(24)40-2/h4-10,13-14,21,23,34-35H,11-12,15-17H2,1-3H3. The molecule has 2 atom stereocenters. The van der Waals surface area contributed by atoms with E-state index in [-0.39, 0.29) is 4.90 Å². The molecule has 1 saturated heterocycles. The maximum atomic E-state index is 14.8. The molecule has 4 aromatic rings. The molecule has 42 heavy (non-hydrogen) atoms. The van der Waals surface area contributed by atoms with Gasteiger partial charge in [-0.05, 0) is 55.9 Å². The average molecular weight is 625 g/mol. The van der Waals surface area contributed by atoms with E-state index in [1.807, 2.05) is 18.0 Å². The van der Waals surface area contributed by atoms with Crippen molar-refractivity contribution >= 4 is 43.5 Å². The van der Waals surface area contributed by atoms with Gasteiger partial charge in [-0.15, -0.1) is 11.3 Å². The molecule has 0 saturated carbocycles. The highest BCUT2D eigenvalue weighted by Crippen LogP contribution is 2.38. The Kier molecular flexibility index (Phi) is 8.46. The predicted octanol–water partition coefficient (Wildman–Crippen LogP) is 6.41. The van der Waals surface area contributed by atoms with Crippen molar-refractivity contribution in [2.75, 3.05) is 44.1 Å². The Morgan fingerprint density at radius 2 is 1.88 bits per heavy atom. The molecule has 2 aromatic carbocycles. The molecule has 2 aromatic heterocycles. The molecule has 7 nitrogen and oxygen atoms in total. The van der Waals surface area contributed by atoms with Crippen molar-refractivity contribution in [3.8, 4) is 16.3 Å². The van der Waals surface area contributed by atoms with Gasteiger partial charge in [-0.3, -0.25) is 0 Å². The number of sulfone groups is 1. The van der Waals surface area contributed by atoms with Crippen molar-refractivity contribution < 1.29 is 30.7 Å². The molecule has 0 spiro atoms. The van der Waals surface area contributed by atoms with Crippen LogP contribution >= 0.6 is 11.3 Å². The van der Waals surface area contributed by atoms with E-state index in [0.717, 1.165) is 17.7 Å². The van der Waals surface area contributed by atoms with Gasteiger partial charge in [0.15, 0.2) is 9.84 Å². The Bertz CT molecular complexity index is 1680. The van der Waals surface area contributed by atoms with Crippen LogP contribution in [0.4, 0.5) is 28.9 Å². The number of anilines is 2. The number of fused-ring (bicyclic) bond motifs is 1. The first-order valence-corrected chi connectivity index (χ1v) is 16.0. The normalized spacial score (nSPS) is 18.4. The number of benzene rings is 2. The molecule has 0 bridgehead atoms. The number of rotatable bonds is 9. The van der Waals surface area contributed by atoms with Gasteiger partial charge < -0.3 is 24.8 Å². The summed E-state index contributed by atoms with van der Waals surface area (Å²) in [4.78, 5) is 3.56. The predicted molar refractivity (Wildman–Crippen MR) is 159 cm³/mol. The number of ether oxygens (including phenoxy) is 1. The number of hydrogen-bond acceptors (Lipinski definition) is 7. The molecule has 226 valence electrons. The lowest BCUT2D eigenvalue weighted by molar-refractivity contribution is -0.139. The second-order valence-electron chi connectivity index (χ2n) is 10.5. The third kappa shape index (κ3) is 6.68. The van der Waals surface area contributed by atoms with Gasteiger partial charge in [0, 0.05) is 47.9 Å². The minimum atomic E-state index is -4.45. The zero-order chi connectivity index (χ0) is 30.2. The van der Waals surface area contributed by atoms with Gasteiger partial charge >= 0.3 is 6.18 Å². The van der Waals surface area contributed by atoms with Crippen molar-refractivity contribution in [3.63, 3.8) is 0 Å². The van der Waals surface area contributed by atoms with Crippen LogP contribution in [-0.2, 0) is 22.9 Å². The number of nitrogens with zero attached hydrogens (tertiary/aromatic N) is 2. The van der Waals surface area contributed by atoms with E-state index in [9.17, 15) is 26.0 Å². The molecule has 13 heteroatoms. The molecule has 0 radical (unpaired) electrons. The summed E-state index contributed by atoms with van der Waals surface area (Å²) in [6, 6.07) is 14.6. The number of nitrogens with one attached hydrogen (secondary N) is 2. The Morgan fingerprint density at radius 1 is 1.10 bits per heavy atom. The van der Waals surface area contributed by atoms with Gasteiger partial charge in [0.05, 0.1) is 39.8 Å². The SMILES string of the molecule is COc1cc(S(C)(=O)=O)ccc1NCc1ccc(-c2cc3c(NC4CCN(C)CC4F)cccc3n2CC(F)(F)F)s1. The lowest BCUT2D eigenvalue weighted by Gasteiger charge is -2.33. The second kappa shape index (κ2) is 11.8. The number of likely N-dealkylation sites (tertiary alicyclic amines) is 1. The van der Waals surface area contributed by atoms with E-state index >= 15 is 0 Å². The summed E-state index contributed by atoms with van der Waals surface area (Å²) < 4.78 is 86.4. The van der Waals surface area contributed by atoms with Crippen molar-refractivity contribution in [2.24, 2.45) is 0 Å². The first-order valence-electron chi connectivity index (χ1n) is 13.3. The highest BCUT2D eigenvalue weighted by molar-refractivity contribution is 7.90. The van der Waals surface area contributed by atoms with Crippen LogP contribution in [0.2, 0.25) is 0 Å². The zero-order valence-corrected chi connectivity index (χ0v) is 25.0. The van der Waals surface area contributed by atoms with Crippen LogP contribution in [0.5, 0.6) is 5.75 Å². The van der Waals surface area contributed by atoms with Gasteiger partial charge in [0.25, 0.3) is 0 Å². The number of alkyl halides is 4. The Balaban J connectivity index is 1.44. The van der Waals surface area contributed by atoms with E-state index in [4.69, 9.17) is 4.74 Å². The molecule has 3 heterocycles. The fraction of sp³-hybridized carbons (Fsp3) is 0.379. The Hall–Kier alpha value is -3.29. The smallest absolute Gasteiger partial charge is 0.406 e. The van der Waals surface area contributed by atoms with E-state index in [1.165, 1.54) is 35.1 Å². The van der Waals surface area contributed by atoms with Crippen LogP contribution in [0.25, 0.3) is 21.5 Å². The van der Waals surface area contributed by atoms with Gasteiger partial charge in [-0.25, -0.2) is 12.8 Å². The van der Waals surface area contributed by atoms with Crippen LogP contribution in [0, 0.1) is 0 Å². The zero-order valence-electron chi connectivity index (χ0n) is 23.3. The third-order valence-corrected chi connectivity index (χ3v) is 9.55. The van der Waals surface area contributed by atoms with Crippen LogP contribution in [0.3, 0.4) is 0 Å². The minimum Gasteiger partial charge on any atom is -0.495 e. The molecule has 2 unspecified atom stereocenters. The summed E-state index contributed by atoms with van der Waals surface area (Å²) in [6.07, 6.45) is -3.83. The summed E-state index contributed by atoms with van der Waals surface area (Å²) >= 11 is 1.35. The molecule has 0 amide bonds. The molecule has 5 rings (SSSR count). The maximum absolute atomic E-state index is 14.8. The first-order chi connectivity index (χ1) is 19.8. The molecule has 1 aliphatic rings. The molecular weight excluding hydrogens is 592 g/mol. The van der Waals surface area contributed by atoms with E-state index in [1.54, 1.807) is 36.4 Å². The Labute approximate surface area is 246 Å². The monoisotopic (exact) mass is 624 g/mol. The molecular formula is C29H32F4N4O3S2. The van der Waals surface area contributed by atoms with E-state index in [0.29, 0.717) is 58.1 Å². The largest absolute Gasteiger partial charge is 0.495 e. The van der Waals surface area contributed by atoms with Gasteiger partial charge in [-0.1, -0.05) is 6.07 Å². The highest BCUT2D eigenvalue weighted by atomic mass is 32.2. The van der Waals surface area contributed by atoms with E-state index in [2.05, 4.69) is 10.6 Å². The number of aromatic nitrogens is 1. The van der Waals surface area contributed by atoms with Crippen LogP contribution in [0.1, 0.15) is 11.3 Å². The van der Waals surface area contributed by atoms with Crippen LogP contribution in [0.15, 0.2) is 59.5 Å². The first kappa shape index (κ1) is 30.2. The fourth-order valence-corrected chi connectivity index (χ4v) is 6.83. The summed E-state index contributed by atoms with van der Waals surface area (Å²) in [5, 5.41) is 7.09. The number of halogens is 4. The summed E-state index contributed by atoms with van der Waals surface area (Å²) in [6.45, 7) is 0.214. The van der Waals surface area contributed by atoms with Crippen molar-refractivity contribution in [2.45, 2.75) is 42.8 Å². The van der Waals surface area contributed by atoms with Crippen molar-refractivity contribution in [3.05, 3.63) is 59.5 Å². The average Bonchev–Trinajstić information content (AvgIpc) is 3.53. The fourth-order valence-electron chi connectivity index (χ4n) is 5.22. The third-order valence-electron chi connectivity index (χ3n) is 7.34. The molecule has 2 N–H and O–H groups in total. The summed E-state index contributed by atoms with van der Waals surface area (Å²) in [5.41, 5.74) is 2.03. The van der Waals surface area contributed by atoms with Crippen LogP contribution in [-0.4, -0.2) is 69.8 Å². The summed E-state index contributed by atoms with van der Waals surface area (Å²) in [5.74, 6) is 0.361. The topological polar surface area (TPSA) is 75.6 Å². The van der Waals surface area contributed by atoms with Gasteiger partial charge in [0.2, 0.25) is 0 Å². The number of hydrogen-bond donors (Lipinski definition) is 2. The molecule has 1 aliphatic heterocycles. The molecule has 0 aliphatic carbocycles. The highest BCUT2D eigenvalue weighted by Gasteiger charge is 2.32. The number of piperidine rings is 1. The lowest BCUT2D eigenvalue weighted by Crippen LogP contribution is -2.46. The van der Waals surface area contributed by atoms with Crippen LogP contribution < -0.4 is 15.4 Å². The van der Waals surface area contributed by atoms with Crippen molar-refractivity contribution in [1.82, 2.24) is 9.47 Å². The Morgan fingerprint density at radius 3 is 2.57 bits per heavy atom. The minimum absolute atomic E-state index is 0.132. The van der Waals surface area contributed by atoms with Gasteiger partial charge in [0.1, 0.15) is 18.5 Å². The number of methoxy groups -OCH3 is 1. The quantitative estimate of drug-likeness (QED) is 0.210. The lowest BCUT2D eigenvalue weighted by atomic mass is 10.0. The van der Waals surface area contributed by atoms with Gasteiger partial charge in [-0.2, -0.15) is 13.2 Å². The maximum Gasteiger partial charge on any atom is 0.406 e. The summed E-state index contributed by atoms with van der Waals surface area (Å²) in [7, 11) is -0.0973.